The summed E-state index contributed by atoms with van der Waals surface area (Å²) in [6.07, 6.45) is 1.77. The molecule has 5 nitrogen and oxygen atoms in total. The fourth-order valence-corrected chi connectivity index (χ4v) is 2.17. The first-order chi connectivity index (χ1) is 9.58. The average molecular weight is 272 g/mol. The lowest BCUT2D eigenvalue weighted by Crippen LogP contribution is -1.94. The molecule has 0 atom stereocenters. The number of nitrogens with two attached hydrogens (primary N) is 1. The van der Waals surface area contributed by atoms with Crippen molar-refractivity contribution in [2.75, 3.05) is 12.8 Å². The Hall–Kier alpha value is -2.63. The van der Waals surface area contributed by atoms with Crippen LogP contribution in [-0.4, -0.2) is 21.7 Å². The van der Waals surface area contributed by atoms with Gasteiger partial charge in [0.05, 0.1) is 7.11 Å². The van der Waals surface area contributed by atoms with Crippen LogP contribution in [0.1, 0.15) is 5.56 Å². The molecule has 0 saturated heterocycles. The second kappa shape index (κ2) is 4.48. The van der Waals surface area contributed by atoms with Crippen molar-refractivity contribution in [3.8, 4) is 16.9 Å². The number of aryl methyl sites for hydroxylation is 1. The van der Waals surface area contributed by atoms with Gasteiger partial charge in [0, 0.05) is 11.8 Å². The lowest BCUT2D eigenvalue weighted by Gasteiger charge is -2.07. The van der Waals surface area contributed by atoms with Gasteiger partial charge in [-0.3, -0.25) is 0 Å². The largest absolute Gasteiger partial charge is 0.494 e. The number of pyridine rings is 1. The second-order valence-corrected chi connectivity index (χ2v) is 4.50. The Kier molecular flexibility index (Phi) is 2.78. The predicted octanol–water partition coefficient (Wildman–Crippen LogP) is 2.43. The van der Waals surface area contributed by atoms with Gasteiger partial charge in [0.2, 0.25) is 5.95 Å². The summed E-state index contributed by atoms with van der Waals surface area (Å²) in [7, 11) is 1.44. The van der Waals surface area contributed by atoms with Crippen LogP contribution in [0, 0.1) is 12.7 Å². The summed E-state index contributed by atoms with van der Waals surface area (Å²) in [5.41, 5.74) is 8.78. The molecule has 0 spiro atoms. The van der Waals surface area contributed by atoms with Crippen LogP contribution in [0.3, 0.4) is 0 Å². The van der Waals surface area contributed by atoms with E-state index >= 15 is 0 Å². The third-order valence-electron chi connectivity index (χ3n) is 3.12. The third-order valence-corrected chi connectivity index (χ3v) is 3.12. The smallest absolute Gasteiger partial charge is 0.240 e. The van der Waals surface area contributed by atoms with Crippen molar-refractivity contribution in [3.05, 3.63) is 41.8 Å². The minimum atomic E-state index is -0.402. The van der Waals surface area contributed by atoms with Crippen molar-refractivity contribution < 1.29 is 9.13 Å². The number of rotatable bonds is 2. The van der Waals surface area contributed by atoms with E-state index in [-0.39, 0.29) is 11.7 Å². The first-order valence-corrected chi connectivity index (χ1v) is 6.05. The zero-order valence-electron chi connectivity index (χ0n) is 11.1. The maximum atomic E-state index is 13.8. The number of nitrogens with zero attached hydrogens (tertiary/aromatic N) is 3. The molecule has 6 heteroatoms. The van der Waals surface area contributed by atoms with Crippen molar-refractivity contribution in [2.45, 2.75) is 6.92 Å². The van der Waals surface area contributed by atoms with Crippen LogP contribution < -0.4 is 10.5 Å². The van der Waals surface area contributed by atoms with E-state index in [1.54, 1.807) is 22.8 Å². The first kappa shape index (κ1) is 12.4. The van der Waals surface area contributed by atoms with Crippen LogP contribution in [-0.2, 0) is 0 Å². The summed E-state index contributed by atoms with van der Waals surface area (Å²) in [6, 6.07) is 6.74. The Morgan fingerprint density at radius 1 is 1.25 bits per heavy atom. The number of aromatic nitrogens is 3. The fraction of sp³-hybridized carbons (Fsp3) is 0.143. The van der Waals surface area contributed by atoms with Gasteiger partial charge in [-0.25, -0.2) is 8.91 Å². The summed E-state index contributed by atoms with van der Waals surface area (Å²) in [6.45, 7) is 1.91. The van der Waals surface area contributed by atoms with E-state index < -0.39 is 5.82 Å². The predicted molar refractivity (Wildman–Crippen MR) is 74.1 cm³/mol. The number of methoxy groups -OCH3 is 1. The third kappa shape index (κ3) is 1.95. The Labute approximate surface area is 114 Å². The van der Waals surface area contributed by atoms with Gasteiger partial charge in [0.15, 0.2) is 17.2 Å². The molecule has 2 aromatic heterocycles. The first-order valence-electron chi connectivity index (χ1n) is 6.05. The lowest BCUT2D eigenvalue weighted by atomic mass is 10.1. The quantitative estimate of drug-likeness (QED) is 0.778. The summed E-state index contributed by atoms with van der Waals surface area (Å²) in [4.78, 5) is 4.13. The molecule has 3 aromatic rings. The molecule has 0 aliphatic carbocycles. The Morgan fingerprint density at radius 2 is 2.05 bits per heavy atom. The van der Waals surface area contributed by atoms with E-state index in [0.717, 1.165) is 16.7 Å². The van der Waals surface area contributed by atoms with E-state index in [2.05, 4.69) is 10.1 Å². The van der Waals surface area contributed by atoms with E-state index in [4.69, 9.17) is 10.5 Å². The minimum Gasteiger partial charge on any atom is -0.494 e. The highest BCUT2D eigenvalue weighted by Crippen LogP contribution is 2.27. The van der Waals surface area contributed by atoms with Gasteiger partial charge >= 0.3 is 0 Å². The number of halogens is 1. The topological polar surface area (TPSA) is 65.4 Å². The molecule has 2 N–H and O–H groups in total. The van der Waals surface area contributed by atoms with Gasteiger partial charge in [-0.1, -0.05) is 6.07 Å². The van der Waals surface area contributed by atoms with Crippen molar-refractivity contribution in [1.82, 2.24) is 14.6 Å². The molecule has 20 heavy (non-hydrogen) atoms. The van der Waals surface area contributed by atoms with Crippen molar-refractivity contribution in [2.24, 2.45) is 0 Å². The maximum Gasteiger partial charge on any atom is 0.240 e. The molecular weight excluding hydrogens is 259 g/mol. The molecule has 0 aliphatic rings. The fourth-order valence-electron chi connectivity index (χ4n) is 2.17. The molecule has 0 saturated carbocycles. The molecule has 0 radical (unpaired) electrons. The number of anilines is 1. The summed E-state index contributed by atoms with van der Waals surface area (Å²) >= 11 is 0. The van der Waals surface area contributed by atoms with Crippen molar-refractivity contribution >= 4 is 11.6 Å². The van der Waals surface area contributed by atoms with Crippen LogP contribution >= 0.6 is 0 Å². The van der Waals surface area contributed by atoms with E-state index in [1.165, 1.54) is 13.2 Å². The zero-order chi connectivity index (χ0) is 14.3. The molecular formula is C14H13FN4O. The van der Waals surface area contributed by atoms with Gasteiger partial charge < -0.3 is 10.5 Å². The average Bonchev–Trinajstić information content (AvgIpc) is 2.79. The molecule has 0 unspecified atom stereocenters. The molecule has 102 valence electrons. The lowest BCUT2D eigenvalue weighted by molar-refractivity contribution is 0.386. The molecule has 2 heterocycles. The summed E-state index contributed by atoms with van der Waals surface area (Å²) in [5.74, 6) is 0.0311. The van der Waals surface area contributed by atoms with E-state index in [9.17, 15) is 4.39 Å². The van der Waals surface area contributed by atoms with Gasteiger partial charge in [0.25, 0.3) is 0 Å². The molecule has 0 fully saturated rings. The van der Waals surface area contributed by atoms with E-state index in [1.807, 2.05) is 13.0 Å². The van der Waals surface area contributed by atoms with Gasteiger partial charge in [-0.05, 0) is 36.2 Å². The second-order valence-electron chi connectivity index (χ2n) is 4.50. The van der Waals surface area contributed by atoms with Crippen LogP contribution in [0.2, 0.25) is 0 Å². The number of nitrogen functional groups attached to an aromatic ring is 1. The monoisotopic (exact) mass is 272 g/mol. The normalized spacial score (nSPS) is 10.9. The molecule has 3 rings (SSSR count). The Bertz CT molecular complexity index is 797. The molecule has 0 amide bonds. The van der Waals surface area contributed by atoms with Crippen LogP contribution in [0.25, 0.3) is 16.8 Å². The maximum absolute atomic E-state index is 13.8. The number of hydrogen-bond acceptors (Lipinski definition) is 4. The highest BCUT2D eigenvalue weighted by molar-refractivity contribution is 5.67. The highest BCUT2D eigenvalue weighted by atomic mass is 19.1. The van der Waals surface area contributed by atoms with Crippen LogP contribution in [0.15, 0.2) is 30.5 Å². The van der Waals surface area contributed by atoms with Gasteiger partial charge in [0.1, 0.15) is 0 Å². The number of fused-ring (bicyclic) bond motifs is 1. The van der Waals surface area contributed by atoms with E-state index in [0.29, 0.717) is 5.65 Å². The summed E-state index contributed by atoms with van der Waals surface area (Å²) in [5, 5.41) is 4.08. The molecule has 1 aromatic carbocycles. The van der Waals surface area contributed by atoms with Gasteiger partial charge in [-0.2, -0.15) is 4.98 Å². The Balaban J connectivity index is 2.16. The van der Waals surface area contributed by atoms with Crippen molar-refractivity contribution in [3.63, 3.8) is 0 Å². The molecule has 0 aliphatic heterocycles. The van der Waals surface area contributed by atoms with Crippen molar-refractivity contribution in [1.29, 1.82) is 0 Å². The summed E-state index contributed by atoms with van der Waals surface area (Å²) < 4.78 is 20.3. The van der Waals surface area contributed by atoms with Gasteiger partial charge in [-0.15, -0.1) is 5.10 Å². The standard InChI is InChI=1S/C14H13FN4O/c1-8-5-10(7-19-13(8)17-14(16)18-19)9-3-4-12(20-2)11(15)6-9/h3-7H,1-2H3,(H2,16,18). The van der Waals surface area contributed by atoms with Crippen LogP contribution in [0.5, 0.6) is 5.75 Å². The number of hydrogen-bond donors (Lipinski definition) is 1. The van der Waals surface area contributed by atoms with Crippen LogP contribution in [0.4, 0.5) is 10.3 Å². The Morgan fingerprint density at radius 3 is 2.75 bits per heavy atom. The SMILES string of the molecule is COc1ccc(-c2cc(C)c3nc(N)nn3c2)cc1F. The zero-order valence-corrected chi connectivity index (χ0v) is 11.1. The molecule has 0 bridgehead atoms. The number of benzene rings is 1. The number of ether oxygens (including phenoxy) is 1. The minimum absolute atomic E-state index is 0.214. The highest BCUT2D eigenvalue weighted by Gasteiger charge is 2.09.